The molecule has 3 unspecified atom stereocenters. The standard InChI is InChI=1S/C22H28/c1-5-20-15(3)13-21-19-9-7-16-12-14(2)6-8-17(16)18(19)10-11-22(20,21)4/h6,8,12-13,18-19H,5,7,9-11H2,1-4H3. The van der Waals surface area contributed by atoms with E-state index in [0.717, 1.165) is 11.8 Å². The van der Waals surface area contributed by atoms with Crippen LogP contribution in [0.1, 0.15) is 69.1 Å². The van der Waals surface area contributed by atoms with Crippen LogP contribution < -0.4 is 0 Å². The largest absolute Gasteiger partial charge is 0.0616 e. The molecule has 0 heterocycles. The molecule has 116 valence electrons. The van der Waals surface area contributed by atoms with Crippen molar-refractivity contribution in [3.63, 3.8) is 0 Å². The van der Waals surface area contributed by atoms with Crippen LogP contribution in [0.2, 0.25) is 0 Å². The minimum Gasteiger partial charge on any atom is -0.0616 e. The summed E-state index contributed by atoms with van der Waals surface area (Å²) in [6, 6.07) is 7.18. The summed E-state index contributed by atoms with van der Waals surface area (Å²) in [7, 11) is 0. The van der Waals surface area contributed by atoms with Gasteiger partial charge in [-0.25, -0.2) is 0 Å². The normalized spacial score (nSPS) is 33.2. The molecule has 0 amide bonds. The zero-order chi connectivity index (χ0) is 15.5. The number of fused-ring (bicyclic) bond motifs is 5. The second-order valence-electron chi connectivity index (χ2n) is 7.94. The van der Waals surface area contributed by atoms with Crippen molar-refractivity contribution in [3.05, 3.63) is 57.7 Å². The summed E-state index contributed by atoms with van der Waals surface area (Å²) in [4.78, 5) is 0. The van der Waals surface area contributed by atoms with Gasteiger partial charge in [-0.3, -0.25) is 0 Å². The summed E-state index contributed by atoms with van der Waals surface area (Å²) < 4.78 is 0. The summed E-state index contributed by atoms with van der Waals surface area (Å²) in [6.45, 7) is 9.43. The Morgan fingerprint density at radius 3 is 2.73 bits per heavy atom. The van der Waals surface area contributed by atoms with Gasteiger partial charge in [-0.15, -0.1) is 0 Å². The lowest BCUT2D eigenvalue weighted by atomic mass is 9.57. The molecule has 1 fully saturated rings. The zero-order valence-corrected chi connectivity index (χ0v) is 14.5. The first-order chi connectivity index (χ1) is 10.5. The van der Waals surface area contributed by atoms with Crippen LogP contribution >= 0.6 is 0 Å². The molecule has 3 aliphatic rings. The Bertz CT molecular complexity index is 688. The average Bonchev–Trinajstić information content (AvgIpc) is 2.76. The highest BCUT2D eigenvalue weighted by molar-refractivity contribution is 5.51. The predicted molar refractivity (Wildman–Crippen MR) is 94.1 cm³/mol. The third kappa shape index (κ3) is 1.82. The van der Waals surface area contributed by atoms with Gasteiger partial charge in [0.15, 0.2) is 0 Å². The number of allylic oxidation sites excluding steroid dienone is 4. The lowest BCUT2D eigenvalue weighted by Crippen LogP contribution is -2.36. The third-order valence-corrected chi connectivity index (χ3v) is 6.77. The molecule has 0 aromatic heterocycles. The number of rotatable bonds is 1. The minimum absolute atomic E-state index is 0.377. The van der Waals surface area contributed by atoms with Gasteiger partial charge in [-0.05, 0) is 68.9 Å². The molecule has 0 bridgehead atoms. The van der Waals surface area contributed by atoms with Crippen molar-refractivity contribution in [1.82, 2.24) is 0 Å². The molecule has 0 saturated heterocycles. The molecule has 0 aliphatic heterocycles. The maximum absolute atomic E-state index is 2.56. The van der Waals surface area contributed by atoms with Crippen molar-refractivity contribution < 1.29 is 0 Å². The average molecular weight is 292 g/mol. The molecule has 0 heteroatoms. The van der Waals surface area contributed by atoms with Crippen molar-refractivity contribution >= 4 is 0 Å². The van der Waals surface area contributed by atoms with Gasteiger partial charge in [-0.2, -0.15) is 0 Å². The van der Waals surface area contributed by atoms with Gasteiger partial charge >= 0.3 is 0 Å². The van der Waals surface area contributed by atoms with E-state index in [0.29, 0.717) is 5.41 Å². The van der Waals surface area contributed by atoms with Gasteiger partial charge in [0, 0.05) is 5.41 Å². The molecule has 1 saturated carbocycles. The lowest BCUT2D eigenvalue weighted by molar-refractivity contribution is 0.247. The Morgan fingerprint density at radius 2 is 1.95 bits per heavy atom. The molecule has 22 heavy (non-hydrogen) atoms. The number of benzene rings is 1. The van der Waals surface area contributed by atoms with Crippen LogP contribution in [0, 0.1) is 18.3 Å². The Labute approximate surface area is 135 Å². The van der Waals surface area contributed by atoms with Crippen LogP contribution in [0.15, 0.2) is 41.0 Å². The fourth-order valence-corrected chi connectivity index (χ4v) is 5.78. The maximum atomic E-state index is 2.56. The number of hydrogen-bond donors (Lipinski definition) is 0. The molecule has 0 spiro atoms. The SMILES string of the molecule is CCC1=C(C)C=C2C3CCc4cc(C)ccc4C3CCC21C. The minimum atomic E-state index is 0.377. The first-order valence-electron chi connectivity index (χ1n) is 9.06. The molecule has 1 aromatic rings. The van der Waals surface area contributed by atoms with E-state index in [-0.39, 0.29) is 0 Å². The van der Waals surface area contributed by atoms with Crippen molar-refractivity contribution in [1.29, 1.82) is 0 Å². The van der Waals surface area contributed by atoms with Gasteiger partial charge in [0.2, 0.25) is 0 Å². The molecule has 3 atom stereocenters. The Hall–Kier alpha value is -1.30. The van der Waals surface area contributed by atoms with Gasteiger partial charge in [0.1, 0.15) is 0 Å². The topological polar surface area (TPSA) is 0 Å². The molecule has 0 radical (unpaired) electrons. The highest BCUT2D eigenvalue weighted by Crippen LogP contribution is 2.60. The molecule has 0 N–H and O–H groups in total. The van der Waals surface area contributed by atoms with Crippen molar-refractivity contribution in [2.75, 3.05) is 0 Å². The Morgan fingerprint density at radius 1 is 1.14 bits per heavy atom. The second-order valence-corrected chi connectivity index (χ2v) is 7.94. The van der Waals surface area contributed by atoms with E-state index in [1.54, 1.807) is 27.8 Å². The quantitative estimate of drug-likeness (QED) is 0.586. The van der Waals surface area contributed by atoms with Crippen molar-refractivity contribution in [3.8, 4) is 0 Å². The van der Waals surface area contributed by atoms with E-state index in [1.807, 2.05) is 0 Å². The molecule has 4 rings (SSSR count). The van der Waals surface area contributed by atoms with Crippen LogP contribution in [-0.2, 0) is 6.42 Å². The first-order valence-corrected chi connectivity index (χ1v) is 9.06. The van der Waals surface area contributed by atoms with E-state index >= 15 is 0 Å². The van der Waals surface area contributed by atoms with Gasteiger partial charge < -0.3 is 0 Å². The van der Waals surface area contributed by atoms with Crippen molar-refractivity contribution in [2.24, 2.45) is 11.3 Å². The maximum Gasteiger partial charge on any atom is 0.0104 e. The Balaban J connectivity index is 1.75. The summed E-state index contributed by atoms with van der Waals surface area (Å²) >= 11 is 0. The van der Waals surface area contributed by atoms with Gasteiger partial charge in [-0.1, -0.05) is 60.4 Å². The first kappa shape index (κ1) is 14.3. The fraction of sp³-hybridized carbons (Fsp3) is 0.545. The monoisotopic (exact) mass is 292 g/mol. The highest BCUT2D eigenvalue weighted by atomic mass is 14.5. The van der Waals surface area contributed by atoms with E-state index in [9.17, 15) is 0 Å². The van der Waals surface area contributed by atoms with E-state index in [1.165, 1.54) is 37.7 Å². The molecule has 3 aliphatic carbocycles. The van der Waals surface area contributed by atoms with Crippen LogP contribution in [-0.4, -0.2) is 0 Å². The second kappa shape index (κ2) is 4.85. The molecule has 0 nitrogen and oxygen atoms in total. The van der Waals surface area contributed by atoms with Crippen LogP contribution in [0.4, 0.5) is 0 Å². The Kier molecular flexibility index (Phi) is 3.15. The lowest BCUT2D eigenvalue weighted by Gasteiger charge is -2.47. The highest BCUT2D eigenvalue weighted by Gasteiger charge is 2.47. The molecular weight excluding hydrogens is 264 g/mol. The van der Waals surface area contributed by atoms with Crippen LogP contribution in [0.25, 0.3) is 0 Å². The smallest absolute Gasteiger partial charge is 0.0104 e. The summed E-state index contributed by atoms with van der Waals surface area (Å²) in [6.07, 6.45) is 9.11. The summed E-state index contributed by atoms with van der Waals surface area (Å²) in [5.74, 6) is 1.56. The number of aryl methyl sites for hydroxylation is 2. The van der Waals surface area contributed by atoms with Gasteiger partial charge in [0.25, 0.3) is 0 Å². The summed E-state index contributed by atoms with van der Waals surface area (Å²) in [5, 5.41) is 0. The van der Waals surface area contributed by atoms with E-state index in [2.05, 4.69) is 52.0 Å². The van der Waals surface area contributed by atoms with Crippen molar-refractivity contribution in [2.45, 2.75) is 65.7 Å². The third-order valence-electron chi connectivity index (χ3n) is 6.77. The zero-order valence-electron chi connectivity index (χ0n) is 14.5. The van der Waals surface area contributed by atoms with Crippen LogP contribution in [0.3, 0.4) is 0 Å². The van der Waals surface area contributed by atoms with E-state index in [4.69, 9.17) is 0 Å². The van der Waals surface area contributed by atoms with Gasteiger partial charge in [0.05, 0.1) is 0 Å². The van der Waals surface area contributed by atoms with E-state index < -0.39 is 0 Å². The number of hydrogen-bond acceptors (Lipinski definition) is 0. The fourth-order valence-electron chi connectivity index (χ4n) is 5.78. The summed E-state index contributed by atoms with van der Waals surface area (Å²) in [5.41, 5.74) is 10.1. The molecular formula is C22H28. The predicted octanol–water partition coefficient (Wildman–Crippen LogP) is 6.11. The van der Waals surface area contributed by atoms with Crippen LogP contribution in [0.5, 0.6) is 0 Å². The molecule has 1 aromatic carbocycles.